The van der Waals surface area contributed by atoms with Gasteiger partial charge in [-0.1, -0.05) is 42.5 Å². The van der Waals surface area contributed by atoms with Crippen molar-refractivity contribution in [1.82, 2.24) is 20.9 Å². The van der Waals surface area contributed by atoms with E-state index in [0.29, 0.717) is 0 Å². The summed E-state index contributed by atoms with van der Waals surface area (Å²) in [6.07, 6.45) is 0.585. The Hall–Kier alpha value is -4.41. The molecule has 6 N–H and O–H groups in total. The average molecular weight is 525 g/mol. The van der Waals surface area contributed by atoms with Gasteiger partial charge in [0.2, 0.25) is 23.6 Å². The molecule has 11 nitrogen and oxygen atoms in total. The van der Waals surface area contributed by atoms with Crippen molar-refractivity contribution in [1.29, 1.82) is 0 Å². The van der Waals surface area contributed by atoms with Crippen LogP contribution < -0.4 is 21.7 Å². The molecular weight excluding hydrogens is 488 g/mol. The van der Waals surface area contributed by atoms with E-state index in [1.165, 1.54) is 24.1 Å². The van der Waals surface area contributed by atoms with Gasteiger partial charge in [-0.25, -0.2) is 0 Å². The first-order chi connectivity index (χ1) is 18.1. The molecule has 38 heavy (non-hydrogen) atoms. The van der Waals surface area contributed by atoms with Gasteiger partial charge in [-0.2, -0.15) is 0 Å². The van der Waals surface area contributed by atoms with Crippen molar-refractivity contribution in [2.45, 2.75) is 38.3 Å². The number of phenolic OH excluding ortho intramolecular Hbond substituents is 1. The number of benzene rings is 2. The lowest BCUT2D eigenvalue weighted by Crippen LogP contribution is -2.52. The van der Waals surface area contributed by atoms with Crippen LogP contribution in [0.1, 0.15) is 24.5 Å². The third-order valence-corrected chi connectivity index (χ3v) is 5.70. The van der Waals surface area contributed by atoms with Crippen LogP contribution in [-0.4, -0.2) is 78.7 Å². The number of likely N-dealkylation sites (N-methyl/N-ethyl adjacent to an activating group) is 1. The number of carbonyl (C=O) groups is 4. The van der Waals surface area contributed by atoms with E-state index in [1.807, 2.05) is 30.3 Å². The molecule has 0 saturated heterocycles. The number of carbonyl (C=O) groups excluding carboxylic acids is 4. The Kier molecular flexibility index (Phi) is 11.8. The second-order valence-corrected chi connectivity index (χ2v) is 8.87. The number of amidine groups is 1. The molecule has 0 bridgehead atoms. The van der Waals surface area contributed by atoms with E-state index in [0.717, 1.165) is 11.1 Å². The molecule has 0 spiro atoms. The molecule has 2 aromatic carbocycles. The Labute approximate surface area is 222 Å². The summed E-state index contributed by atoms with van der Waals surface area (Å²) in [4.78, 5) is 55.9. The van der Waals surface area contributed by atoms with Gasteiger partial charge in [-0.05, 0) is 30.2 Å². The van der Waals surface area contributed by atoms with E-state index in [-0.39, 0.29) is 55.8 Å². The van der Waals surface area contributed by atoms with Crippen molar-refractivity contribution in [2.24, 2.45) is 10.7 Å². The zero-order valence-corrected chi connectivity index (χ0v) is 21.9. The Morgan fingerprint density at radius 2 is 1.61 bits per heavy atom. The maximum atomic E-state index is 13.1. The third kappa shape index (κ3) is 10.3. The van der Waals surface area contributed by atoms with Crippen LogP contribution in [0.15, 0.2) is 59.6 Å². The summed E-state index contributed by atoms with van der Waals surface area (Å²) in [6, 6.07) is 13.8. The fraction of sp³-hybridized carbons (Fsp3) is 0.370. The summed E-state index contributed by atoms with van der Waals surface area (Å²) in [5, 5.41) is 17.3. The summed E-state index contributed by atoms with van der Waals surface area (Å²) < 4.78 is 0. The Balaban J connectivity index is 2.05. The summed E-state index contributed by atoms with van der Waals surface area (Å²) in [5.74, 6) is -1.31. The van der Waals surface area contributed by atoms with Gasteiger partial charge in [0.1, 0.15) is 17.8 Å². The van der Waals surface area contributed by atoms with Gasteiger partial charge in [0.25, 0.3) is 0 Å². The molecule has 204 valence electrons. The number of phenols is 1. The molecule has 0 aliphatic heterocycles. The maximum absolute atomic E-state index is 13.1. The van der Waals surface area contributed by atoms with Gasteiger partial charge in [0, 0.05) is 39.9 Å². The normalized spacial score (nSPS) is 12.7. The second kappa shape index (κ2) is 15.0. The van der Waals surface area contributed by atoms with Crippen molar-refractivity contribution in [3.05, 3.63) is 65.7 Å². The lowest BCUT2D eigenvalue weighted by atomic mass is 10.0. The fourth-order valence-electron chi connectivity index (χ4n) is 3.65. The number of aromatic hydroxyl groups is 1. The van der Waals surface area contributed by atoms with E-state index in [4.69, 9.17) is 5.73 Å². The topological polar surface area (TPSA) is 166 Å². The van der Waals surface area contributed by atoms with E-state index in [9.17, 15) is 24.3 Å². The zero-order valence-electron chi connectivity index (χ0n) is 21.9. The van der Waals surface area contributed by atoms with Crippen molar-refractivity contribution < 1.29 is 24.3 Å². The van der Waals surface area contributed by atoms with Crippen LogP contribution in [0.25, 0.3) is 0 Å². The first-order valence-electron chi connectivity index (χ1n) is 12.2. The molecule has 11 heteroatoms. The van der Waals surface area contributed by atoms with Crippen LogP contribution in [0, 0.1) is 0 Å². The second-order valence-electron chi connectivity index (χ2n) is 8.87. The minimum Gasteiger partial charge on any atom is -0.508 e. The smallest absolute Gasteiger partial charge is 0.245 e. The van der Waals surface area contributed by atoms with Crippen molar-refractivity contribution in [3.63, 3.8) is 0 Å². The van der Waals surface area contributed by atoms with Gasteiger partial charge >= 0.3 is 0 Å². The maximum Gasteiger partial charge on any atom is 0.245 e. The Morgan fingerprint density at radius 1 is 0.974 bits per heavy atom. The number of nitrogens with two attached hydrogens (primary N) is 1. The molecule has 2 rings (SSSR count). The number of hydrogen-bond acceptors (Lipinski definition) is 6. The van der Waals surface area contributed by atoms with Crippen LogP contribution in [0.4, 0.5) is 0 Å². The molecule has 0 unspecified atom stereocenters. The molecule has 0 aliphatic carbocycles. The first kappa shape index (κ1) is 29.8. The van der Waals surface area contributed by atoms with E-state index in [2.05, 4.69) is 20.9 Å². The lowest BCUT2D eigenvalue weighted by Gasteiger charge is -2.25. The van der Waals surface area contributed by atoms with E-state index >= 15 is 0 Å². The number of aliphatic imine (C=N–C) groups is 1. The zero-order chi connectivity index (χ0) is 28.1. The van der Waals surface area contributed by atoms with Crippen LogP contribution >= 0.6 is 0 Å². The highest BCUT2D eigenvalue weighted by Gasteiger charge is 2.26. The summed E-state index contributed by atoms with van der Waals surface area (Å²) in [6.45, 7) is 1.38. The van der Waals surface area contributed by atoms with E-state index in [1.54, 1.807) is 26.1 Å². The number of hydrogen-bond donors (Lipinski definition) is 5. The predicted molar refractivity (Wildman–Crippen MR) is 144 cm³/mol. The van der Waals surface area contributed by atoms with Crippen molar-refractivity contribution >= 4 is 29.5 Å². The van der Waals surface area contributed by atoms with Gasteiger partial charge in [0.05, 0.1) is 12.4 Å². The number of nitrogens with one attached hydrogen (secondary N) is 3. The van der Waals surface area contributed by atoms with Gasteiger partial charge < -0.3 is 31.7 Å². The summed E-state index contributed by atoms with van der Waals surface area (Å²) in [7, 11) is 3.09. The minimum atomic E-state index is -0.895. The number of amides is 4. The van der Waals surface area contributed by atoms with E-state index < -0.39 is 23.9 Å². The third-order valence-electron chi connectivity index (χ3n) is 5.70. The van der Waals surface area contributed by atoms with Crippen molar-refractivity contribution in [2.75, 3.05) is 27.2 Å². The molecule has 4 amide bonds. The van der Waals surface area contributed by atoms with Crippen LogP contribution in [-0.2, 0) is 32.0 Å². The minimum absolute atomic E-state index is 0.101. The molecule has 0 fully saturated rings. The van der Waals surface area contributed by atoms with Crippen LogP contribution in [0.5, 0.6) is 5.75 Å². The molecule has 0 aromatic heterocycles. The highest BCUT2D eigenvalue weighted by atomic mass is 16.3. The van der Waals surface area contributed by atoms with Crippen LogP contribution in [0.3, 0.4) is 0 Å². The monoisotopic (exact) mass is 524 g/mol. The standard InChI is InChI=1S/C27H36N6O5/c1-18(28)31-22(15-20-9-11-21(34)12-10-20)26(37)30-17-25(36)32-23(16-19-7-5-4-6-8-19)27(38)33(3)14-13-24(35)29-2/h4-12,22-23,34H,13-17H2,1-3H3,(H2,28,31)(H,29,35)(H,30,37)(H,32,36)/t22-,23-/m0/s1. The largest absolute Gasteiger partial charge is 0.508 e. The molecular formula is C27H36N6O5. The highest BCUT2D eigenvalue weighted by Crippen LogP contribution is 2.13. The van der Waals surface area contributed by atoms with Crippen molar-refractivity contribution in [3.8, 4) is 5.75 Å². The van der Waals surface area contributed by atoms with Gasteiger partial charge in [0.15, 0.2) is 0 Å². The molecule has 0 heterocycles. The summed E-state index contributed by atoms with van der Waals surface area (Å²) >= 11 is 0. The SMILES string of the molecule is CNC(=O)CCN(C)C(=O)[C@H](Cc1ccccc1)NC(=O)CNC(=O)[C@H](Cc1ccc(O)cc1)N=C(C)N. The predicted octanol–water partition coefficient (Wildman–Crippen LogP) is 0.119. The Bertz CT molecular complexity index is 1120. The molecule has 2 atom stereocenters. The van der Waals surface area contributed by atoms with Gasteiger partial charge in [-0.15, -0.1) is 0 Å². The fourth-order valence-corrected chi connectivity index (χ4v) is 3.65. The molecule has 0 radical (unpaired) electrons. The van der Waals surface area contributed by atoms with Crippen LogP contribution in [0.2, 0.25) is 0 Å². The number of nitrogens with zero attached hydrogens (tertiary/aromatic N) is 2. The Morgan fingerprint density at radius 3 is 2.21 bits per heavy atom. The highest BCUT2D eigenvalue weighted by molar-refractivity contribution is 5.92. The molecule has 0 saturated carbocycles. The summed E-state index contributed by atoms with van der Waals surface area (Å²) in [5.41, 5.74) is 7.30. The average Bonchev–Trinajstić information content (AvgIpc) is 2.90. The lowest BCUT2D eigenvalue weighted by molar-refractivity contribution is -0.135. The first-order valence-corrected chi connectivity index (χ1v) is 12.2. The number of rotatable bonds is 13. The van der Waals surface area contributed by atoms with Gasteiger partial charge in [-0.3, -0.25) is 24.2 Å². The molecule has 2 aromatic rings. The molecule has 0 aliphatic rings. The quantitative estimate of drug-likeness (QED) is 0.184.